The average Bonchev–Trinajstić information content (AvgIpc) is 3.35. The van der Waals surface area contributed by atoms with Crippen molar-refractivity contribution in [3.05, 3.63) is 85.0 Å². The number of fused-ring (bicyclic) bond motifs is 1. The van der Waals surface area contributed by atoms with E-state index in [1.165, 1.54) is 33.4 Å². The Morgan fingerprint density at radius 1 is 1.08 bits per heavy atom. The molecule has 0 unspecified atom stereocenters. The summed E-state index contributed by atoms with van der Waals surface area (Å²) in [6.45, 7) is 3.08. The number of rotatable bonds is 10. The largest absolute Gasteiger partial charge is 0.382 e. The second kappa shape index (κ2) is 12.5. The fraction of sp³-hybridized carbons (Fsp3) is 0.346. The molecule has 11 heteroatoms. The lowest BCUT2D eigenvalue weighted by atomic mass is 9.93. The van der Waals surface area contributed by atoms with Crippen molar-refractivity contribution < 1.29 is 17.9 Å². The molecular formula is C26H27Cl3N2O4S2. The number of hydrogen-bond donors (Lipinski definition) is 0. The summed E-state index contributed by atoms with van der Waals surface area (Å²) in [4.78, 5) is 16.8. The van der Waals surface area contributed by atoms with Crippen LogP contribution >= 0.6 is 46.1 Å². The van der Waals surface area contributed by atoms with Gasteiger partial charge in [-0.3, -0.25) is 4.79 Å². The van der Waals surface area contributed by atoms with Crippen molar-refractivity contribution in [3.63, 3.8) is 0 Å². The summed E-state index contributed by atoms with van der Waals surface area (Å²) in [6.07, 6.45) is 1.14. The molecule has 37 heavy (non-hydrogen) atoms. The molecular weight excluding hydrogens is 575 g/mol. The number of halogens is 3. The standard InChI is InChI=1S/C26H27Cl3N2O4S2/c1-2-35-14-3-12-30(37(33,34)20-7-4-18(27)5-8-20)17-25(32)31-13-10-24-22(11-15-36-24)26(31)21-9-6-19(28)16-23(21)29/h4-9,11,15-16,26H,2-3,10,12-14,17H2,1H3/t26-/m0/s1. The van der Waals surface area contributed by atoms with E-state index in [2.05, 4.69) is 0 Å². The maximum absolute atomic E-state index is 13.8. The van der Waals surface area contributed by atoms with Gasteiger partial charge in [0.25, 0.3) is 0 Å². The van der Waals surface area contributed by atoms with Crippen molar-refractivity contribution in [2.24, 2.45) is 0 Å². The van der Waals surface area contributed by atoms with E-state index in [1.54, 1.807) is 28.4 Å². The topological polar surface area (TPSA) is 66.9 Å². The zero-order valence-electron chi connectivity index (χ0n) is 20.2. The number of hydrogen-bond acceptors (Lipinski definition) is 5. The molecule has 0 spiro atoms. The number of carbonyl (C=O) groups excluding carboxylic acids is 1. The third kappa shape index (κ3) is 6.50. The molecule has 2 aromatic carbocycles. The molecule has 1 aliphatic rings. The highest BCUT2D eigenvalue weighted by Crippen LogP contribution is 2.41. The van der Waals surface area contributed by atoms with Gasteiger partial charge in [0.1, 0.15) is 0 Å². The van der Waals surface area contributed by atoms with Gasteiger partial charge >= 0.3 is 0 Å². The van der Waals surface area contributed by atoms with Crippen LogP contribution in [0, 0.1) is 0 Å². The van der Waals surface area contributed by atoms with E-state index in [-0.39, 0.29) is 23.9 Å². The molecule has 0 radical (unpaired) electrons. The van der Waals surface area contributed by atoms with E-state index in [0.29, 0.717) is 47.7 Å². The monoisotopic (exact) mass is 600 g/mol. The van der Waals surface area contributed by atoms with Crippen LogP contribution in [0.5, 0.6) is 0 Å². The highest BCUT2D eigenvalue weighted by atomic mass is 35.5. The molecule has 1 aromatic heterocycles. The van der Waals surface area contributed by atoms with Gasteiger partial charge in [0.2, 0.25) is 15.9 Å². The molecule has 0 aliphatic carbocycles. The maximum atomic E-state index is 13.8. The van der Waals surface area contributed by atoms with Crippen molar-refractivity contribution in [3.8, 4) is 0 Å². The Morgan fingerprint density at radius 3 is 2.51 bits per heavy atom. The number of benzene rings is 2. The number of carbonyl (C=O) groups is 1. The van der Waals surface area contributed by atoms with Crippen LogP contribution in [0.3, 0.4) is 0 Å². The maximum Gasteiger partial charge on any atom is 0.243 e. The molecule has 0 bridgehead atoms. The van der Waals surface area contributed by atoms with Gasteiger partial charge in [0, 0.05) is 46.2 Å². The first-order chi connectivity index (χ1) is 17.7. The van der Waals surface area contributed by atoms with Crippen molar-refractivity contribution in [1.29, 1.82) is 0 Å². The first kappa shape index (κ1) is 28.4. The summed E-state index contributed by atoms with van der Waals surface area (Å²) in [6, 6.07) is 12.7. The average molecular weight is 602 g/mol. The number of amides is 1. The normalized spacial score (nSPS) is 15.7. The first-order valence-electron chi connectivity index (χ1n) is 11.9. The molecule has 0 fully saturated rings. The SMILES string of the molecule is CCOCCCN(CC(=O)N1CCc2sccc2[C@@H]1c1ccc(Cl)cc1Cl)S(=O)(=O)c1ccc(Cl)cc1. The minimum absolute atomic E-state index is 0.0807. The molecule has 0 saturated carbocycles. The summed E-state index contributed by atoms with van der Waals surface area (Å²) in [5.41, 5.74) is 1.75. The molecule has 1 atom stereocenters. The Balaban J connectivity index is 1.65. The van der Waals surface area contributed by atoms with Gasteiger partial charge in [-0.1, -0.05) is 40.9 Å². The van der Waals surface area contributed by atoms with Crippen molar-refractivity contribution >= 4 is 62.1 Å². The Hall–Kier alpha value is -1.65. The number of nitrogens with zero attached hydrogens (tertiary/aromatic N) is 2. The fourth-order valence-electron chi connectivity index (χ4n) is 4.41. The Bertz CT molecular complexity index is 1350. The lowest BCUT2D eigenvalue weighted by molar-refractivity contribution is -0.133. The summed E-state index contributed by atoms with van der Waals surface area (Å²) in [7, 11) is -3.95. The lowest BCUT2D eigenvalue weighted by Crippen LogP contribution is -2.47. The number of sulfonamides is 1. The van der Waals surface area contributed by atoms with Gasteiger partial charge in [-0.15, -0.1) is 11.3 Å². The van der Waals surface area contributed by atoms with Crippen molar-refractivity contribution in [2.45, 2.75) is 30.7 Å². The third-order valence-electron chi connectivity index (χ3n) is 6.21. The van der Waals surface area contributed by atoms with E-state index < -0.39 is 16.1 Å². The summed E-state index contributed by atoms with van der Waals surface area (Å²) in [5, 5.41) is 3.39. The smallest absolute Gasteiger partial charge is 0.243 e. The van der Waals surface area contributed by atoms with Crippen molar-refractivity contribution in [2.75, 3.05) is 32.8 Å². The number of thiophene rings is 1. The van der Waals surface area contributed by atoms with E-state index in [0.717, 1.165) is 11.1 Å². The predicted molar refractivity (Wildman–Crippen MR) is 149 cm³/mol. The van der Waals surface area contributed by atoms with Crippen LogP contribution in [0.15, 0.2) is 58.8 Å². The molecule has 1 aliphatic heterocycles. The van der Waals surface area contributed by atoms with Gasteiger partial charge < -0.3 is 9.64 Å². The molecule has 4 rings (SSSR count). The van der Waals surface area contributed by atoms with Gasteiger partial charge in [0.05, 0.1) is 17.5 Å². The molecule has 198 valence electrons. The van der Waals surface area contributed by atoms with Crippen LogP contribution in [0.4, 0.5) is 0 Å². The summed E-state index contributed by atoms with van der Waals surface area (Å²) in [5.74, 6) is -0.304. The molecule has 0 saturated heterocycles. The van der Waals surface area contributed by atoms with Gasteiger partial charge in [0.15, 0.2) is 0 Å². The molecule has 1 amide bonds. The zero-order chi connectivity index (χ0) is 26.6. The van der Waals surface area contributed by atoms with Crippen LogP contribution in [0.1, 0.15) is 35.4 Å². The molecule has 3 aromatic rings. The second-order valence-electron chi connectivity index (χ2n) is 8.55. The highest BCUT2D eigenvalue weighted by Gasteiger charge is 2.36. The summed E-state index contributed by atoms with van der Waals surface area (Å²) < 4.78 is 33.8. The third-order valence-corrected chi connectivity index (χ3v) is 9.88. The second-order valence-corrected chi connectivity index (χ2v) is 12.8. The van der Waals surface area contributed by atoms with Gasteiger partial charge in [-0.25, -0.2) is 8.42 Å². The predicted octanol–water partition coefficient (Wildman–Crippen LogP) is 6.30. The van der Waals surface area contributed by atoms with Crippen LogP contribution in [-0.4, -0.2) is 56.4 Å². The molecule has 0 N–H and O–H groups in total. The zero-order valence-corrected chi connectivity index (χ0v) is 24.1. The van der Waals surface area contributed by atoms with Gasteiger partial charge in [-0.2, -0.15) is 4.31 Å². The minimum atomic E-state index is -3.95. The van der Waals surface area contributed by atoms with Crippen molar-refractivity contribution in [1.82, 2.24) is 9.21 Å². The van der Waals surface area contributed by atoms with E-state index in [4.69, 9.17) is 39.5 Å². The highest BCUT2D eigenvalue weighted by molar-refractivity contribution is 7.89. The first-order valence-corrected chi connectivity index (χ1v) is 15.3. The Labute approximate surface area is 236 Å². The van der Waals surface area contributed by atoms with Crippen LogP contribution in [0.25, 0.3) is 0 Å². The van der Waals surface area contributed by atoms with Gasteiger partial charge in [-0.05, 0) is 78.7 Å². The van der Waals surface area contributed by atoms with E-state index >= 15 is 0 Å². The van der Waals surface area contributed by atoms with E-state index in [1.807, 2.05) is 24.4 Å². The Kier molecular flexibility index (Phi) is 9.56. The van der Waals surface area contributed by atoms with Crippen LogP contribution in [0.2, 0.25) is 15.1 Å². The van der Waals surface area contributed by atoms with E-state index in [9.17, 15) is 13.2 Å². The molecule has 2 heterocycles. The van der Waals surface area contributed by atoms with Crippen LogP contribution < -0.4 is 0 Å². The minimum Gasteiger partial charge on any atom is -0.382 e. The quantitative estimate of drug-likeness (QED) is 0.256. The lowest BCUT2D eigenvalue weighted by Gasteiger charge is -2.38. The molecule has 6 nitrogen and oxygen atoms in total. The number of ether oxygens (including phenoxy) is 1. The van der Waals surface area contributed by atoms with Crippen LogP contribution in [-0.2, 0) is 26.0 Å². The Morgan fingerprint density at radius 2 is 1.81 bits per heavy atom. The fourth-order valence-corrected chi connectivity index (χ4v) is 7.38. The summed E-state index contributed by atoms with van der Waals surface area (Å²) >= 11 is 20.3.